The average Bonchev–Trinajstić information content (AvgIpc) is 2.92. The van der Waals surface area contributed by atoms with Crippen molar-refractivity contribution in [2.75, 3.05) is 0 Å². The van der Waals surface area contributed by atoms with Gasteiger partial charge in [0, 0.05) is 22.8 Å². The van der Waals surface area contributed by atoms with Gasteiger partial charge >= 0.3 is 6.61 Å². The lowest BCUT2D eigenvalue weighted by Gasteiger charge is -2.04. The minimum absolute atomic E-state index is 0.149. The Morgan fingerprint density at radius 3 is 2.63 bits per heavy atom. The predicted octanol–water partition coefficient (Wildman–Crippen LogP) is 3.97. The summed E-state index contributed by atoms with van der Waals surface area (Å²) >= 11 is 1.57. The Kier molecular flexibility index (Phi) is 2.94. The van der Waals surface area contributed by atoms with E-state index in [-0.39, 0.29) is 5.75 Å². The van der Waals surface area contributed by atoms with Gasteiger partial charge in [-0.3, -0.25) is 4.40 Å². The maximum Gasteiger partial charge on any atom is 0.387 e. The van der Waals surface area contributed by atoms with Crippen LogP contribution >= 0.6 is 11.3 Å². The zero-order valence-corrected chi connectivity index (χ0v) is 10.8. The normalized spacial score (nSPS) is 11.4. The fourth-order valence-electron chi connectivity index (χ4n) is 1.84. The molecule has 0 bridgehead atoms. The molecule has 0 fully saturated rings. The van der Waals surface area contributed by atoms with Crippen molar-refractivity contribution in [1.29, 1.82) is 0 Å². The first kappa shape index (κ1) is 12.1. The van der Waals surface area contributed by atoms with E-state index in [0.717, 1.165) is 21.9 Å². The van der Waals surface area contributed by atoms with Gasteiger partial charge in [-0.25, -0.2) is 4.98 Å². The molecule has 0 aliphatic rings. The summed E-state index contributed by atoms with van der Waals surface area (Å²) < 4.78 is 30.4. The Labute approximate surface area is 112 Å². The largest absolute Gasteiger partial charge is 0.435 e. The Morgan fingerprint density at radius 2 is 2.00 bits per heavy atom. The number of fused-ring (bicyclic) bond motifs is 1. The fraction of sp³-hybridized carbons (Fsp3) is 0.154. The van der Waals surface area contributed by atoms with Crippen molar-refractivity contribution >= 4 is 16.3 Å². The average molecular weight is 280 g/mol. The van der Waals surface area contributed by atoms with Gasteiger partial charge in [0.2, 0.25) is 0 Å². The molecule has 19 heavy (non-hydrogen) atoms. The van der Waals surface area contributed by atoms with Crippen molar-refractivity contribution in [3.8, 4) is 17.0 Å². The molecule has 0 aliphatic heterocycles. The number of rotatable bonds is 3. The van der Waals surface area contributed by atoms with Gasteiger partial charge in [-0.1, -0.05) is 0 Å². The summed E-state index contributed by atoms with van der Waals surface area (Å²) in [5.41, 5.74) is 2.81. The molecule has 0 saturated carbocycles. The number of hydrogen-bond acceptors (Lipinski definition) is 3. The summed E-state index contributed by atoms with van der Waals surface area (Å²) in [7, 11) is 0. The minimum atomic E-state index is -2.80. The summed E-state index contributed by atoms with van der Waals surface area (Å²) in [5, 5.41) is 2.03. The van der Waals surface area contributed by atoms with Crippen molar-refractivity contribution < 1.29 is 13.5 Å². The molecule has 3 aromatic rings. The number of imidazole rings is 1. The third-order valence-corrected chi connectivity index (χ3v) is 3.72. The van der Waals surface area contributed by atoms with Crippen LogP contribution in [0.15, 0.2) is 35.8 Å². The van der Waals surface area contributed by atoms with Gasteiger partial charge < -0.3 is 4.74 Å². The zero-order valence-electron chi connectivity index (χ0n) is 10.0. The summed E-state index contributed by atoms with van der Waals surface area (Å²) in [6.45, 7) is -0.791. The standard InChI is InChI=1S/C13H10F2N2OS/c1-8-7-19-13-16-11(6-17(8)13)9-2-4-10(5-3-9)18-12(14)15/h2-7,12H,1H3. The van der Waals surface area contributed by atoms with Crippen LogP contribution in [-0.4, -0.2) is 16.0 Å². The molecule has 0 spiro atoms. The molecule has 98 valence electrons. The van der Waals surface area contributed by atoms with E-state index >= 15 is 0 Å². The Balaban J connectivity index is 1.92. The Morgan fingerprint density at radius 1 is 1.26 bits per heavy atom. The smallest absolute Gasteiger partial charge is 0.387 e. The number of benzene rings is 1. The highest BCUT2D eigenvalue weighted by molar-refractivity contribution is 7.15. The number of alkyl halides is 2. The Hall–Kier alpha value is -1.95. The predicted molar refractivity (Wildman–Crippen MR) is 69.9 cm³/mol. The minimum Gasteiger partial charge on any atom is -0.435 e. The van der Waals surface area contributed by atoms with Gasteiger partial charge in [0.15, 0.2) is 4.96 Å². The van der Waals surface area contributed by atoms with E-state index in [2.05, 4.69) is 9.72 Å². The van der Waals surface area contributed by atoms with Crippen molar-refractivity contribution in [2.45, 2.75) is 13.5 Å². The molecule has 2 heterocycles. The summed E-state index contributed by atoms with van der Waals surface area (Å²) in [4.78, 5) is 5.40. The lowest BCUT2D eigenvalue weighted by molar-refractivity contribution is -0.0498. The first-order chi connectivity index (χ1) is 9.13. The monoisotopic (exact) mass is 280 g/mol. The Bertz CT molecular complexity index is 703. The van der Waals surface area contributed by atoms with E-state index in [4.69, 9.17) is 0 Å². The van der Waals surface area contributed by atoms with Crippen LogP contribution in [0.25, 0.3) is 16.2 Å². The van der Waals surface area contributed by atoms with Gasteiger partial charge in [-0.05, 0) is 31.2 Å². The molecular formula is C13H10F2N2OS. The molecule has 0 amide bonds. The molecule has 0 unspecified atom stereocenters. The number of hydrogen-bond donors (Lipinski definition) is 0. The van der Waals surface area contributed by atoms with E-state index < -0.39 is 6.61 Å². The van der Waals surface area contributed by atoms with E-state index in [0.29, 0.717) is 0 Å². The molecule has 0 radical (unpaired) electrons. The van der Waals surface area contributed by atoms with Crippen LogP contribution in [0.1, 0.15) is 5.69 Å². The quantitative estimate of drug-likeness (QED) is 0.725. The summed E-state index contributed by atoms with van der Waals surface area (Å²) in [6.07, 6.45) is 1.93. The highest BCUT2D eigenvalue weighted by atomic mass is 32.1. The van der Waals surface area contributed by atoms with E-state index in [1.807, 2.05) is 22.9 Å². The van der Waals surface area contributed by atoms with Crippen LogP contribution in [0, 0.1) is 6.92 Å². The van der Waals surface area contributed by atoms with Gasteiger partial charge in [0.25, 0.3) is 0 Å². The second kappa shape index (κ2) is 4.62. The number of thiazole rings is 1. The van der Waals surface area contributed by atoms with Crippen molar-refractivity contribution in [1.82, 2.24) is 9.38 Å². The SMILES string of the molecule is Cc1csc2nc(-c3ccc(OC(F)F)cc3)cn12. The maximum absolute atomic E-state index is 12.0. The second-order valence-corrected chi connectivity index (χ2v) is 4.90. The molecule has 0 N–H and O–H groups in total. The number of halogens is 2. The first-order valence-electron chi connectivity index (χ1n) is 5.62. The number of nitrogens with zero attached hydrogens (tertiary/aromatic N) is 2. The molecule has 2 aromatic heterocycles. The zero-order chi connectivity index (χ0) is 13.4. The van der Waals surface area contributed by atoms with Crippen molar-refractivity contribution in [2.24, 2.45) is 0 Å². The molecule has 3 nitrogen and oxygen atoms in total. The van der Waals surface area contributed by atoms with Gasteiger partial charge in [-0.15, -0.1) is 11.3 Å². The summed E-state index contributed by atoms with van der Waals surface area (Å²) in [6, 6.07) is 6.47. The van der Waals surface area contributed by atoms with E-state index in [1.54, 1.807) is 23.5 Å². The van der Waals surface area contributed by atoms with Crippen LogP contribution in [0.2, 0.25) is 0 Å². The molecule has 6 heteroatoms. The highest BCUT2D eigenvalue weighted by Gasteiger charge is 2.08. The lowest BCUT2D eigenvalue weighted by atomic mass is 10.2. The third kappa shape index (κ3) is 2.31. The third-order valence-electron chi connectivity index (χ3n) is 2.76. The molecule has 0 saturated heterocycles. The lowest BCUT2D eigenvalue weighted by Crippen LogP contribution is -2.01. The maximum atomic E-state index is 12.0. The first-order valence-corrected chi connectivity index (χ1v) is 6.50. The van der Waals surface area contributed by atoms with Crippen LogP contribution in [0.5, 0.6) is 5.75 Å². The van der Waals surface area contributed by atoms with Gasteiger partial charge in [0.1, 0.15) is 5.75 Å². The van der Waals surface area contributed by atoms with Crippen molar-refractivity contribution in [3.63, 3.8) is 0 Å². The van der Waals surface area contributed by atoms with Crippen LogP contribution < -0.4 is 4.74 Å². The van der Waals surface area contributed by atoms with E-state index in [1.165, 1.54) is 12.1 Å². The molecule has 0 aliphatic carbocycles. The van der Waals surface area contributed by atoms with Crippen molar-refractivity contribution in [3.05, 3.63) is 41.5 Å². The van der Waals surface area contributed by atoms with Crippen LogP contribution in [0.3, 0.4) is 0 Å². The van der Waals surface area contributed by atoms with E-state index in [9.17, 15) is 8.78 Å². The molecule has 3 rings (SSSR count). The highest BCUT2D eigenvalue weighted by Crippen LogP contribution is 2.25. The summed E-state index contributed by atoms with van der Waals surface area (Å²) in [5.74, 6) is 0.149. The number of aromatic nitrogens is 2. The van der Waals surface area contributed by atoms with Crippen LogP contribution in [-0.2, 0) is 0 Å². The number of ether oxygens (including phenoxy) is 1. The topological polar surface area (TPSA) is 26.5 Å². The number of aryl methyl sites for hydroxylation is 1. The van der Waals surface area contributed by atoms with Gasteiger partial charge in [0.05, 0.1) is 5.69 Å². The molecular weight excluding hydrogens is 270 g/mol. The van der Waals surface area contributed by atoms with Crippen LogP contribution in [0.4, 0.5) is 8.78 Å². The molecule has 1 aromatic carbocycles. The second-order valence-electron chi connectivity index (χ2n) is 4.06. The molecule has 0 atom stereocenters. The van der Waals surface area contributed by atoms with Gasteiger partial charge in [-0.2, -0.15) is 8.78 Å². The fourth-order valence-corrected chi connectivity index (χ4v) is 2.69.